The minimum Gasteiger partial charge on any atom is -0.387 e. The van der Waals surface area contributed by atoms with Crippen LogP contribution in [0.15, 0.2) is 67.5 Å². The topological polar surface area (TPSA) is 127 Å². The molecule has 2 aromatic rings. The lowest BCUT2D eigenvalue weighted by Gasteiger charge is -2.55. The van der Waals surface area contributed by atoms with Crippen molar-refractivity contribution < 1.29 is 38.9 Å². The first-order chi connectivity index (χ1) is 18.1. The van der Waals surface area contributed by atoms with Crippen molar-refractivity contribution >= 4 is 87.6 Å². The molecule has 4 unspecified atom stereocenters. The Morgan fingerprint density at radius 1 is 0.744 bits per heavy atom. The lowest BCUT2D eigenvalue weighted by Crippen LogP contribution is -2.58. The monoisotopic (exact) mass is 788 g/mol. The standard InChI is InChI=1S/C27H20Br4O8/c1-5-17(32)38-23(34)26(36)19-13(28)7-11(8-14(19)29)21(26)25(3,4)22-12-9-15(30)20(16(31)10-12)27(22,37)24(35)39-18(33)6-2/h5-10,21-22,36-37H,1-2H2,3-4H3. The Morgan fingerprint density at radius 2 is 1.03 bits per heavy atom. The van der Waals surface area contributed by atoms with Crippen LogP contribution in [0.3, 0.4) is 0 Å². The molecule has 4 bridgehead atoms. The van der Waals surface area contributed by atoms with E-state index in [-0.39, 0.29) is 11.1 Å². The minimum absolute atomic E-state index is 0.0949. The lowest BCUT2D eigenvalue weighted by molar-refractivity contribution is -0.187. The zero-order chi connectivity index (χ0) is 29.2. The molecular weight excluding hydrogens is 772 g/mol. The Morgan fingerprint density at radius 3 is 1.28 bits per heavy atom. The van der Waals surface area contributed by atoms with Crippen molar-refractivity contribution in [2.45, 2.75) is 36.9 Å². The van der Waals surface area contributed by atoms with Gasteiger partial charge in [0.2, 0.25) is 0 Å². The van der Waals surface area contributed by atoms with Crippen LogP contribution in [-0.2, 0) is 39.9 Å². The van der Waals surface area contributed by atoms with Crippen molar-refractivity contribution in [1.29, 1.82) is 0 Å². The molecule has 0 spiro atoms. The number of hydrogen-bond acceptors (Lipinski definition) is 8. The molecule has 0 aromatic heterocycles. The van der Waals surface area contributed by atoms with Gasteiger partial charge in [-0.2, -0.15) is 0 Å². The SMILES string of the molecule is C=CC(=O)OC(=O)C1(O)c2c(Br)cc(cc2Br)C1C(C)(C)C1c2cc(Br)c(c(Br)c2)C1(O)C(=O)OC(=O)C=C. The summed E-state index contributed by atoms with van der Waals surface area (Å²) >= 11 is 13.5. The number of fused-ring (bicyclic) bond motifs is 6. The minimum atomic E-state index is -2.45. The molecule has 204 valence electrons. The molecule has 12 heteroatoms. The summed E-state index contributed by atoms with van der Waals surface area (Å²) in [4.78, 5) is 51.1. The molecule has 0 saturated carbocycles. The molecule has 2 N–H and O–H groups in total. The first kappa shape index (κ1) is 30.0. The number of esters is 4. The average Bonchev–Trinajstić information content (AvgIpc) is 2.81. The van der Waals surface area contributed by atoms with Gasteiger partial charge in [-0.05, 0) is 40.8 Å². The highest BCUT2D eigenvalue weighted by molar-refractivity contribution is 9.11. The van der Waals surface area contributed by atoms with Gasteiger partial charge in [0.1, 0.15) is 0 Å². The van der Waals surface area contributed by atoms with Gasteiger partial charge in [-0.25, -0.2) is 19.2 Å². The van der Waals surface area contributed by atoms with Gasteiger partial charge in [-0.15, -0.1) is 0 Å². The molecule has 0 heterocycles. The molecule has 6 rings (SSSR count). The van der Waals surface area contributed by atoms with Gasteiger partial charge in [0.25, 0.3) is 0 Å². The van der Waals surface area contributed by atoms with Crippen LogP contribution < -0.4 is 0 Å². The van der Waals surface area contributed by atoms with Crippen molar-refractivity contribution in [2.24, 2.45) is 5.41 Å². The molecule has 39 heavy (non-hydrogen) atoms. The van der Waals surface area contributed by atoms with Gasteiger partial charge in [0, 0.05) is 53.0 Å². The summed E-state index contributed by atoms with van der Waals surface area (Å²) in [6, 6.07) is 6.77. The Labute approximate surface area is 257 Å². The molecule has 8 nitrogen and oxygen atoms in total. The normalized spacial score (nSPS) is 24.7. The van der Waals surface area contributed by atoms with Crippen LogP contribution in [0.1, 0.15) is 47.9 Å². The van der Waals surface area contributed by atoms with E-state index < -0.39 is 52.3 Å². The summed E-state index contributed by atoms with van der Waals surface area (Å²) in [5.41, 5.74) is -5.20. The third kappa shape index (κ3) is 4.34. The van der Waals surface area contributed by atoms with Gasteiger partial charge >= 0.3 is 23.9 Å². The largest absolute Gasteiger partial charge is 0.387 e. The first-order valence-corrected chi connectivity index (χ1v) is 14.4. The van der Waals surface area contributed by atoms with Crippen molar-refractivity contribution in [1.82, 2.24) is 0 Å². The van der Waals surface area contributed by atoms with Gasteiger partial charge in [0.15, 0.2) is 11.2 Å². The van der Waals surface area contributed by atoms with Crippen molar-refractivity contribution in [3.8, 4) is 0 Å². The molecule has 4 atom stereocenters. The van der Waals surface area contributed by atoms with Crippen LogP contribution in [0, 0.1) is 5.41 Å². The van der Waals surface area contributed by atoms with E-state index in [1.54, 1.807) is 38.1 Å². The zero-order valence-electron chi connectivity index (χ0n) is 20.4. The van der Waals surface area contributed by atoms with E-state index in [9.17, 15) is 29.4 Å². The average molecular weight is 792 g/mol. The Bertz CT molecular complexity index is 1340. The summed E-state index contributed by atoms with van der Waals surface area (Å²) in [5.74, 6) is -7.01. The summed E-state index contributed by atoms with van der Waals surface area (Å²) in [7, 11) is 0. The van der Waals surface area contributed by atoms with E-state index in [1.165, 1.54) is 0 Å². The fourth-order valence-electron chi connectivity index (χ4n) is 5.98. The van der Waals surface area contributed by atoms with Crippen LogP contribution >= 0.6 is 63.7 Å². The molecular formula is C27H20Br4O8. The predicted octanol–water partition coefficient (Wildman–Crippen LogP) is 5.54. The molecule has 0 saturated heterocycles. The third-order valence-electron chi connectivity index (χ3n) is 7.22. The molecule has 0 radical (unpaired) electrons. The number of rotatable bonds is 6. The number of benzene rings is 2. The van der Waals surface area contributed by atoms with Crippen LogP contribution in [0.4, 0.5) is 0 Å². The van der Waals surface area contributed by atoms with Crippen molar-refractivity contribution in [3.63, 3.8) is 0 Å². The van der Waals surface area contributed by atoms with Crippen molar-refractivity contribution in [3.05, 3.63) is 89.7 Å². The predicted molar refractivity (Wildman–Crippen MR) is 153 cm³/mol. The van der Waals surface area contributed by atoms with E-state index >= 15 is 0 Å². The Hall–Kier alpha value is -1.96. The lowest BCUT2D eigenvalue weighted by atomic mass is 9.51. The Kier molecular flexibility index (Phi) is 7.81. The maximum Gasteiger partial charge on any atom is 0.351 e. The second kappa shape index (κ2) is 10.1. The second-order valence-electron chi connectivity index (χ2n) is 9.76. The second-order valence-corrected chi connectivity index (χ2v) is 13.2. The van der Waals surface area contributed by atoms with E-state index in [0.29, 0.717) is 29.0 Å². The number of aliphatic hydroxyl groups is 2. The highest BCUT2D eigenvalue weighted by Crippen LogP contribution is 2.66. The van der Waals surface area contributed by atoms with Crippen LogP contribution in [-0.4, -0.2) is 34.1 Å². The maximum atomic E-state index is 13.5. The van der Waals surface area contributed by atoms with E-state index in [0.717, 1.165) is 12.2 Å². The first-order valence-electron chi connectivity index (χ1n) is 11.3. The van der Waals surface area contributed by atoms with Crippen molar-refractivity contribution in [2.75, 3.05) is 0 Å². The van der Waals surface area contributed by atoms with Gasteiger partial charge in [-0.3, -0.25) is 0 Å². The number of ether oxygens (including phenoxy) is 2. The summed E-state index contributed by atoms with van der Waals surface area (Å²) in [6.45, 7) is 9.91. The number of halogens is 4. The summed E-state index contributed by atoms with van der Waals surface area (Å²) in [5, 5.41) is 24.4. The smallest absolute Gasteiger partial charge is 0.351 e. The molecule has 2 aromatic carbocycles. The summed E-state index contributed by atoms with van der Waals surface area (Å²) < 4.78 is 11.3. The number of carbonyl (C=O) groups is 4. The molecule has 0 aliphatic heterocycles. The molecule has 4 aliphatic rings. The van der Waals surface area contributed by atoms with Crippen LogP contribution in [0.2, 0.25) is 0 Å². The van der Waals surface area contributed by atoms with E-state index in [1.807, 2.05) is 0 Å². The van der Waals surface area contributed by atoms with Gasteiger partial charge < -0.3 is 19.7 Å². The molecule has 4 aliphatic carbocycles. The highest BCUT2D eigenvalue weighted by atomic mass is 79.9. The van der Waals surface area contributed by atoms with E-state index in [2.05, 4.69) is 76.9 Å². The highest BCUT2D eigenvalue weighted by Gasteiger charge is 2.66. The molecule has 0 amide bonds. The van der Waals surface area contributed by atoms with Gasteiger partial charge in [-0.1, -0.05) is 90.7 Å². The number of carbonyl (C=O) groups excluding carboxylic acids is 4. The number of hydrogen-bond donors (Lipinski definition) is 2. The quantitative estimate of drug-likeness (QED) is 0.222. The third-order valence-corrected chi connectivity index (χ3v) is 9.73. The summed E-state index contributed by atoms with van der Waals surface area (Å²) in [6.07, 6.45) is 1.58. The van der Waals surface area contributed by atoms with Crippen LogP contribution in [0.25, 0.3) is 0 Å². The van der Waals surface area contributed by atoms with E-state index in [4.69, 9.17) is 9.47 Å². The van der Waals surface area contributed by atoms with Gasteiger partial charge in [0.05, 0.1) is 0 Å². The maximum absolute atomic E-state index is 13.5. The fourth-order valence-corrected chi connectivity index (χ4v) is 9.63. The fraction of sp³-hybridized carbons (Fsp3) is 0.259. The Balaban J connectivity index is 1.99. The molecule has 0 fully saturated rings. The van der Waals surface area contributed by atoms with Crippen LogP contribution in [0.5, 0.6) is 0 Å². The zero-order valence-corrected chi connectivity index (χ0v) is 26.7.